The third kappa shape index (κ3) is 4.69. The van der Waals surface area contributed by atoms with Crippen molar-refractivity contribution in [3.63, 3.8) is 0 Å². The fraction of sp³-hybridized carbons (Fsp3) is 0.529. The molecule has 0 aliphatic carbocycles. The van der Waals surface area contributed by atoms with Crippen LogP contribution in [0.5, 0.6) is 0 Å². The molecule has 1 aromatic carbocycles. The SMILES string of the molecule is COC(=O)[C@H]1[C@@H](COCc2ccccc2)N1C(=O)OC(C)(C)C. The Balaban J connectivity index is 1.90. The molecule has 0 aromatic heterocycles. The minimum absolute atomic E-state index is 0.258. The van der Waals surface area contributed by atoms with E-state index in [2.05, 4.69) is 0 Å². The number of esters is 1. The van der Waals surface area contributed by atoms with Crippen LogP contribution in [0, 0.1) is 0 Å². The van der Waals surface area contributed by atoms with Gasteiger partial charge in [-0.25, -0.2) is 9.59 Å². The van der Waals surface area contributed by atoms with Crippen LogP contribution in [0.25, 0.3) is 0 Å². The molecule has 1 aromatic rings. The van der Waals surface area contributed by atoms with E-state index < -0.39 is 23.7 Å². The van der Waals surface area contributed by atoms with Gasteiger partial charge in [0.05, 0.1) is 26.4 Å². The topological polar surface area (TPSA) is 64.8 Å². The predicted molar refractivity (Wildman–Crippen MR) is 83.8 cm³/mol. The molecule has 1 amide bonds. The second kappa shape index (κ2) is 7.00. The van der Waals surface area contributed by atoms with E-state index in [1.807, 2.05) is 30.3 Å². The number of carbonyl (C=O) groups is 2. The molecule has 2 rings (SSSR count). The van der Waals surface area contributed by atoms with E-state index in [4.69, 9.17) is 14.2 Å². The zero-order chi connectivity index (χ0) is 17.0. The van der Waals surface area contributed by atoms with Crippen molar-refractivity contribution in [2.24, 2.45) is 0 Å². The Morgan fingerprint density at radius 2 is 1.83 bits per heavy atom. The van der Waals surface area contributed by atoms with Crippen molar-refractivity contribution < 1.29 is 23.8 Å². The Labute approximate surface area is 136 Å². The Bertz CT molecular complexity index is 552. The molecule has 1 fully saturated rings. The molecule has 0 saturated carbocycles. The van der Waals surface area contributed by atoms with Crippen LogP contribution in [0.4, 0.5) is 4.79 Å². The number of hydrogen-bond acceptors (Lipinski definition) is 5. The first-order valence-electron chi connectivity index (χ1n) is 7.54. The van der Waals surface area contributed by atoms with Gasteiger partial charge in [-0.05, 0) is 26.3 Å². The summed E-state index contributed by atoms with van der Waals surface area (Å²) < 4.78 is 15.7. The summed E-state index contributed by atoms with van der Waals surface area (Å²) in [6, 6.07) is 8.72. The van der Waals surface area contributed by atoms with Gasteiger partial charge in [-0.2, -0.15) is 0 Å². The molecule has 6 heteroatoms. The highest BCUT2D eigenvalue weighted by molar-refractivity contribution is 5.88. The van der Waals surface area contributed by atoms with Crippen LogP contribution in [0.15, 0.2) is 30.3 Å². The lowest BCUT2D eigenvalue weighted by Crippen LogP contribution is -2.29. The van der Waals surface area contributed by atoms with Crippen LogP contribution in [0.3, 0.4) is 0 Å². The highest BCUT2D eigenvalue weighted by Crippen LogP contribution is 2.32. The molecule has 23 heavy (non-hydrogen) atoms. The first-order valence-corrected chi connectivity index (χ1v) is 7.54. The average Bonchev–Trinajstić information content (AvgIpc) is 3.20. The lowest BCUT2D eigenvalue weighted by molar-refractivity contribution is -0.141. The minimum Gasteiger partial charge on any atom is -0.467 e. The molecule has 1 heterocycles. The number of rotatable bonds is 5. The molecule has 6 nitrogen and oxygen atoms in total. The Kier molecular flexibility index (Phi) is 5.26. The Morgan fingerprint density at radius 1 is 1.17 bits per heavy atom. The van der Waals surface area contributed by atoms with Gasteiger partial charge in [0.2, 0.25) is 0 Å². The number of hydrogen-bond donors (Lipinski definition) is 0. The van der Waals surface area contributed by atoms with Crippen LogP contribution in [0.2, 0.25) is 0 Å². The van der Waals surface area contributed by atoms with Crippen molar-refractivity contribution in [1.29, 1.82) is 0 Å². The molecule has 0 unspecified atom stereocenters. The molecule has 0 spiro atoms. The van der Waals surface area contributed by atoms with Crippen molar-refractivity contribution in [3.05, 3.63) is 35.9 Å². The smallest absolute Gasteiger partial charge is 0.411 e. The number of methoxy groups -OCH3 is 1. The quantitative estimate of drug-likeness (QED) is 0.615. The number of amides is 1. The van der Waals surface area contributed by atoms with Crippen LogP contribution >= 0.6 is 0 Å². The highest BCUT2D eigenvalue weighted by Gasteiger charge is 2.58. The maximum Gasteiger partial charge on any atom is 0.411 e. The fourth-order valence-electron chi connectivity index (χ4n) is 2.28. The number of carbonyl (C=O) groups excluding carboxylic acids is 2. The van der Waals surface area contributed by atoms with Crippen LogP contribution < -0.4 is 0 Å². The normalized spacial score (nSPS) is 20.1. The first-order chi connectivity index (χ1) is 10.8. The molecule has 0 bridgehead atoms. The molecule has 2 atom stereocenters. The lowest BCUT2D eigenvalue weighted by atomic mass is 10.2. The maximum atomic E-state index is 12.1. The molecule has 126 valence electrons. The molecule has 0 N–H and O–H groups in total. The van der Waals surface area contributed by atoms with E-state index in [0.29, 0.717) is 6.61 Å². The van der Waals surface area contributed by atoms with Crippen LogP contribution in [-0.4, -0.2) is 48.4 Å². The van der Waals surface area contributed by atoms with Crippen LogP contribution in [0.1, 0.15) is 26.3 Å². The molecule has 0 radical (unpaired) electrons. The summed E-state index contributed by atoms with van der Waals surface area (Å²) in [7, 11) is 1.30. The number of benzene rings is 1. The third-order valence-electron chi connectivity index (χ3n) is 3.38. The Morgan fingerprint density at radius 3 is 2.39 bits per heavy atom. The number of ether oxygens (including phenoxy) is 3. The van der Waals surface area contributed by atoms with Crippen molar-refractivity contribution >= 4 is 12.1 Å². The maximum absolute atomic E-state index is 12.1. The second-order valence-electron chi connectivity index (χ2n) is 6.42. The van der Waals surface area contributed by atoms with Gasteiger partial charge in [0.15, 0.2) is 6.04 Å². The monoisotopic (exact) mass is 321 g/mol. The highest BCUT2D eigenvalue weighted by atomic mass is 16.6. The van der Waals surface area contributed by atoms with Gasteiger partial charge in [-0.3, -0.25) is 4.90 Å². The van der Waals surface area contributed by atoms with Gasteiger partial charge < -0.3 is 14.2 Å². The third-order valence-corrected chi connectivity index (χ3v) is 3.38. The van der Waals surface area contributed by atoms with Gasteiger partial charge in [0, 0.05) is 0 Å². The van der Waals surface area contributed by atoms with E-state index >= 15 is 0 Å². The van der Waals surface area contributed by atoms with E-state index in [1.54, 1.807) is 20.8 Å². The molecular formula is C17H23NO5. The van der Waals surface area contributed by atoms with Gasteiger partial charge >= 0.3 is 12.1 Å². The standard InChI is InChI=1S/C17H23NO5/c1-17(2,3)23-16(20)18-13(14(18)15(19)21-4)11-22-10-12-8-6-5-7-9-12/h5-9,13-14H,10-11H2,1-4H3/t13-,14-,18?/m1/s1. The summed E-state index contributed by atoms with van der Waals surface area (Å²) in [5.74, 6) is -0.454. The summed E-state index contributed by atoms with van der Waals surface area (Å²) in [5.41, 5.74) is 0.419. The zero-order valence-corrected chi connectivity index (χ0v) is 13.9. The van der Waals surface area contributed by atoms with Crippen molar-refractivity contribution in [2.75, 3.05) is 13.7 Å². The first kappa shape index (κ1) is 17.3. The minimum atomic E-state index is -0.634. The Hall–Kier alpha value is -2.08. The zero-order valence-electron chi connectivity index (χ0n) is 13.9. The molecule has 1 aliphatic heterocycles. The fourth-order valence-corrected chi connectivity index (χ4v) is 2.28. The van der Waals surface area contributed by atoms with Gasteiger partial charge in [0.1, 0.15) is 5.60 Å². The van der Waals surface area contributed by atoms with Crippen molar-refractivity contribution in [1.82, 2.24) is 4.90 Å². The lowest BCUT2D eigenvalue weighted by Gasteiger charge is -2.20. The van der Waals surface area contributed by atoms with Crippen molar-refractivity contribution in [2.45, 2.75) is 45.1 Å². The largest absolute Gasteiger partial charge is 0.467 e. The average molecular weight is 321 g/mol. The van der Waals surface area contributed by atoms with E-state index in [-0.39, 0.29) is 12.6 Å². The van der Waals surface area contributed by atoms with Gasteiger partial charge in [0.25, 0.3) is 0 Å². The molecule has 1 aliphatic rings. The summed E-state index contributed by atoms with van der Waals surface area (Å²) in [6.07, 6.45) is -0.527. The molecular weight excluding hydrogens is 298 g/mol. The summed E-state index contributed by atoms with van der Waals surface area (Å²) >= 11 is 0. The second-order valence-corrected chi connectivity index (χ2v) is 6.42. The summed E-state index contributed by atoms with van der Waals surface area (Å²) in [4.78, 5) is 25.3. The number of nitrogens with zero attached hydrogens (tertiary/aromatic N) is 1. The van der Waals surface area contributed by atoms with Gasteiger partial charge in [-0.15, -0.1) is 0 Å². The predicted octanol–water partition coefficient (Wildman–Crippen LogP) is 2.36. The van der Waals surface area contributed by atoms with E-state index in [1.165, 1.54) is 12.0 Å². The van der Waals surface area contributed by atoms with E-state index in [0.717, 1.165) is 5.56 Å². The summed E-state index contributed by atoms with van der Waals surface area (Å²) in [6.45, 7) is 6.02. The van der Waals surface area contributed by atoms with E-state index in [9.17, 15) is 9.59 Å². The van der Waals surface area contributed by atoms with Crippen LogP contribution in [-0.2, 0) is 25.6 Å². The summed E-state index contributed by atoms with van der Waals surface area (Å²) in [5, 5.41) is 0. The van der Waals surface area contributed by atoms with Crippen molar-refractivity contribution in [3.8, 4) is 0 Å². The molecule has 1 saturated heterocycles. The van der Waals surface area contributed by atoms with Gasteiger partial charge in [-0.1, -0.05) is 30.3 Å².